The van der Waals surface area contributed by atoms with Crippen LogP contribution in [0.3, 0.4) is 0 Å². The maximum Gasteiger partial charge on any atom is 0.218 e. The molecule has 0 bridgehead atoms. The molecule has 0 aromatic rings. The van der Waals surface area contributed by atoms with Crippen molar-refractivity contribution in [3.05, 3.63) is 0 Å². The van der Waals surface area contributed by atoms with Gasteiger partial charge in [-0.25, -0.2) is 0 Å². The predicted molar refractivity (Wildman–Crippen MR) is 40.6 cm³/mol. The fraction of sp³-hybridized carbons (Fsp3) is 0.857. The molecule has 0 aromatic heterocycles. The number of nitrogens with zero attached hydrogens (tertiary/aromatic N) is 1. The van der Waals surface area contributed by atoms with E-state index in [0.717, 1.165) is 26.0 Å². The van der Waals surface area contributed by atoms with Crippen LogP contribution in [0.25, 0.3) is 0 Å². The number of primary amides is 1. The van der Waals surface area contributed by atoms with Gasteiger partial charge in [0, 0.05) is 19.5 Å². The molecule has 0 spiro atoms. The summed E-state index contributed by atoms with van der Waals surface area (Å²) < 4.78 is 0. The van der Waals surface area contributed by atoms with Gasteiger partial charge in [-0.05, 0) is 12.8 Å². The van der Waals surface area contributed by atoms with Crippen molar-refractivity contribution in [1.29, 1.82) is 0 Å². The molecule has 1 aliphatic heterocycles. The average molecular weight is 158 g/mol. The summed E-state index contributed by atoms with van der Waals surface area (Å²) in [7, 11) is 0. The molecular formula is C7H14N2O2. The van der Waals surface area contributed by atoms with Crippen LogP contribution in [0.15, 0.2) is 0 Å². The van der Waals surface area contributed by atoms with Crippen molar-refractivity contribution in [1.82, 2.24) is 5.06 Å². The number of hydroxylamine groups is 2. The number of hydrogen-bond acceptors (Lipinski definition) is 3. The zero-order valence-corrected chi connectivity index (χ0v) is 6.58. The van der Waals surface area contributed by atoms with Crippen molar-refractivity contribution in [3.63, 3.8) is 0 Å². The molecule has 0 atom stereocenters. The minimum atomic E-state index is -0.265. The lowest BCUT2D eigenvalue weighted by Gasteiger charge is -2.25. The summed E-state index contributed by atoms with van der Waals surface area (Å²) in [5.74, 6) is -0.265. The molecule has 0 aromatic carbocycles. The zero-order valence-electron chi connectivity index (χ0n) is 6.58. The molecule has 0 unspecified atom stereocenters. The van der Waals surface area contributed by atoms with Crippen LogP contribution in [0.4, 0.5) is 0 Å². The number of carbonyl (C=O) groups excluding carboxylic acids is 1. The Kier molecular flexibility index (Phi) is 3.32. The lowest BCUT2D eigenvalue weighted by Crippen LogP contribution is -2.32. The van der Waals surface area contributed by atoms with E-state index in [1.807, 2.05) is 5.06 Å². The second-order valence-electron chi connectivity index (χ2n) is 2.69. The van der Waals surface area contributed by atoms with E-state index in [9.17, 15) is 4.79 Å². The molecule has 1 amide bonds. The van der Waals surface area contributed by atoms with Crippen LogP contribution in [0, 0.1) is 0 Å². The molecule has 4 nitrogen and oxygen atoms in total. The molecular weight excluding hydrogens is 144 g/mol. The van der Waals surface area contributed by atoms with Crippen LogP contribution in [0.2, 0.25) is 0 Å². The molecule has 0 aliphatic carbocycles. The summed E-state index contributed by atoms with van der Waals surface area (Å²) in [5, 5.41) is 1.81. The summed E-state index contributed by atoms with van der Waals surface area (Å²) in [4.78, 5) is 15.6. The standard InChI is InChI=1S/C7H14N2O2/c8-7(10)3-5-9-4-1-2-6-11-9/h1-6H2,(H2,8,10). The van der Waals surface area contributed by atoms with E-state index in [0.29, 0.717) is 13.0 Å². The molecule has 0 saturated carbocycles. The molecule has 1 heterocycles. The summed E-state index contributed by atoms with van der Waals surface area (Å²) in [6.07, 6.45) is 2.66. The molecule has 1 rings (SSSR count). The van der Waals surface area contributed by atoms with Crippen molar-refractivity contribution in [2.24, 2.45) is 5.73 Å². The van der Waals surface area contributed by atoms with Gasteiger partial charge in [0.2, 0.25) is 5.91 Å². The first-order valence-corrected chi connectivity index (χ1v) is 3.95. The molecule has 2 N–H and O–H groups in total. The quantitative estimate of drug-likeness (QED) is 0.623. The van der Waals surface area contributed by atoms with Crippen LogP contribution in [-0.4, -0.2) is 30.7 Å². The van der Waals surface area contributed by atoms with Gasteiger partial charge >= 0.3 is 0 Å². The van der Waals surface area contributed by atoms with Crippen molar-refractivity contribution in [2.45, 2.75) is 19.3 Å². The summed E-state index contributed by atoms with van der Waals surface area (Å²) >= 11 is 0. The smallest absolute Gasteiger partial charge is 0.218 e. The molecule has 1 fully saturated rings. The Labute approximate surface area is 66.3 Å². The highest BCUT2D eigenvalue weighted by atomic mass is 16.7. The largest absolute Gasteiger partial charge is 0.370 e. The van der Waals surface area contributed by atoms with Gasteiger partial charge in [0.25, 0.3) is 0 Å². The molecule has 64 valence electrons. The van der Waals surface area contributed by atoms with E-state index >= 15 is 0 Å². The molecule has 4 heteroatoms. The van der Waals surface area contributed by atoms with Gasteiger partial charge in [-0.15, -0.1) is 0 Å². The Morgan fingerprint density at radius 2 is 2.36 bits per heavy atom. The van der Waals surface area contributed by atoms with Gasteiger partial charge in [-0.3, -0.25) is 9.63 Å². The maximum atomic E-state index is 10.4. The lowest BCUT2D eigenvalue weighted by molar-refractivity contribution is -0.181. The maximum absolute atomic E-state index is 10.4. The van der Waals surface area contributed by atoms with Gasteiger partial charge in [0.1, 0.15) is 0 Å². The van der Waals surface area contributed by atoms with Crippen LogP contribution < -0.4 is 5.73 Å². The average Bonchev–Trinajstić information content (AvgIpc) is 2.03. The van der Waals surface area contributed by atoms with E-state index in [-0.39, 0.29) is 5.91 Å². The Hall–Kier alpha value is -0.610. The Morgan fingerprint density at radius 3 is 2.91 bits per heavy atom. The molecule has 1 aliphatic rings. The van der Waals surface area contributed by atoms with Crippen molar-refractivity contribution >= 4 is 5.91 Å². The number of hydrogen-bond donors (Lipinski definition) is 1. The molecule has 1 saturated heterocycles. The minimum absolute atomic E-state index is 0.265. The third-order valence-corrected chi connectivity index (χ3v) is 1.68. The van der Waals surface area contributed by atoms with Crippen LogP contribution in [0.1, 0.15) is 19.3 Å². The summed E-state index contributed by atoms with van der Waals surface area (Å²) in [6.45, 7) is 2.33. The van der Waals surface area contributed by atoms with E-state index in [4.69, 9.17) is 10.6 Å². The van der Waals surface area contributed by atoms with Gasteiger partial charge in [-0.1, -0.05) is 0 Å². The third-order valence-electron chi connectivity index (χ3n) is 1.68. The van der Waals surface area contributed by atoms with Gasteiger partial charge < -0.3 is 5.73 Å². The number of rotatable bonds is 3. The second-order valence-corrected chi connectivity index (χ2v) is 2.69. The van der Waals surface area contributed by atoms with E-state index in [2.05, 4.69) is 0 Å². The highest BCUT2D eigenvalue weighted by molar-refractivity contribution is 5.73. The number of amides is 1. The zero-order chi connectivity index (χ0) is 8.10. The lowest BCUT2D eigenvalue weighted by atomic mass is 10.3. The Morgan fingerprint density at radius 1 is 1.55 bits per heavy atom. The van der Waals surface area contributed by atoms with Gasteiger partial charge in [-0.2, -0.15) is 5.06 Å². The fourth-order valence-corrected chi connectivity index (χ4v) is 1.06. The van der Waals surface area contributed by atoms with Crippen molar-refractivity contribution in [3.8, 4) is 0 Å². The van der Waals surface area contributed by atoms with E-state index < -0.39 is 0 Å². The van der Waals surface area contributed by atoms with Crippen molar-refractivity contribution < 1.29 is 9.63 Å². The molecule has 0 radical (unpaired) electrons. The first-order valence-electron chi connectivity index (χ1n) is 3.95. The van der Waals surface area contributed by atoms with Crippen LogP contribution in [0.5, 0.6) is 0 Å². The second kappa shape index (κ2) is 4.31. The highest BCUT2D eigenvalue weighted by Gasteiger charge is 2.10. The van der Waals surface area contributed by atoms with Crippen molar-refractivity contribution in [2.75, 3.05) is 19.7 Å². The summed E-state index contributed by atoms with van der Waals surface area (Å²) in [5.41, 5.74) is 4.99. The minimum Gasteiger partial charge on any atom is -0.370 e. The molecule has 11 heavy (non-hydrogen) atoms. The predicted octanol–water partition coefficient (Wildman–Crippen LogP) is -0.111. The van der Waals surface area contributed by atoms with E-state index in [1.165, 1.54) is 0 Å². The van der Waals surface area contributed by atoms with Crippen LogP contribution >= 0.6 is 0 Å². The third kappa shape index (κ3) is 3.34. The highest BCUT2D eigenvalue weighted by Crippen LogP contribution is 2.05. The van der Waals surface area contributed by atoms with Gasteiger partial charge in [0.05, 0.1) is 6.61 Å². The fourth-order valence-electron chi connectivity index (χ4n) is 1.06. The first kappa shape index (κ1) is 8.49. The van der Waals surface area contributed by atoms with Gasteiger partial charge in [0.15, 0.2) is 0 Å². The Balaban J connectivity index is 2.09. The summed E-state index contributed by atoms with van der Waals surface area (Å²) in [6, 6.07) is 0. The van der Waals surface area contributed by atoms with E-state index in [1.54, 1.807) is 0 Å². The number of carbonyl (C=O) groups is 1. The normalized spacial score (nSPS) is 20.0. The monoisotopic (exact) mass is 158 g/mol. The Bertz CT molecular complexity index is 132. The topological polar surface area (TPSA) is 55.6 Å². The SMILES string of the molecule is NC(=O)CCN1CCCCO1. The number of nitrogens with two attached hydrogens (primary N) is 1. The van der Waals surface area contributed by atoms with Crippen LogP contribution in [-0.2, 0) is 9.63 Å². The first-order chi connectivity index (χ1) is 5.29.